The van der Waals surface area contributed by atoms with E-state index in [2.05, 4.69) is 15.0 Å². The van der Waals surface area contributed by atoms with Crippen molar-refractivity contribution < 1.29 is 12.8 Å². The van der Waals surface area contributed by atoms with E-state index in [1.807, 2.05) is 6.92 Å². The molecule has 130 valence electrons. The van der Waals surface area contributed by atoms with Crippen LogP contribution in [0, 0.1) is 12.7 Å². The van der Waals surface area contributed by atoms with Crippen LogP contribution in [0.3, 0.4) is 0 Å². The Balaban J connectivity index is 1.63. The number of aromatic nitrogens is 1. The minimum Gasteiger partial charge on any atom is -0.380 e. The summed E-state index contributed by atoms with van der Waals surface area (Å²) in [5, 5.41) is 3.15. The lowest BCUT2D eigenvalue weighted by atomic mass is 10.2. The molecule has 0 amide bonds. The molecule has 5 nitrogen and oxygen atoms in total. The Morgan fingerprint density at radius 3 is 2.44 bits per heavy atom. The molecule has 0 unspecified atom stereocenters. The summed E-state index contributed by atoms with van der Waals surface area (Å²) in [4.78, 5) is 5.04. The van der Waals surface area contributed by atoms with Crippen LogP contribution in [-0.2, 0) is 16.6 Å². The fraction of sp³-hybridized carbons (Fsp3) is 0.118. The van der Waals surface area contributed by atoms with Gasteiger partial charge in [-0.15, -0.1) is 11.3 Å². The zero-order valence-corrected chi connectivity index (χ0v) is 15.0. The summed E-state index contributed by atoms with van der Waals surface area (Å²) < 4.78 is 40.1. The number of sulfonamides is 1. The predicted octanol–water partition coefficient (Wildman–Crippen LogP) is 4.00. The molecule has 2 aromatic heterocycles. The maximum absolute atomic E-state index is 12.9. The Hall–Kier alpha value is -2.45. The largest absolute Gasteiger partial charge is 0.380 e. The highest BCUT2D eigenvalue weighted by Crippen LogP contribution is 2.23. The van der Waals surface area contributed by atoms with E-state index in [0.717, 1.165) is 16.1 Å². The average molecular weight is 377 g/mol. The van der Waals surface area contributed by atoms with Gasteiger partial charge in [-0.1, -0.05) is 12.1 Å². The highest BCUT2D eigenvalue weighted by atomic mass is 32.2. The molecule has 8 heteroatoms. The minimum atomic E-state index is -3.61. The van der Waals surface area contributed by atoms with Crippen molar-refractivity contribution >= 4 is 32.9 Å². The first-order valence-corrected chi connectivity index (χ1v) is 9.76. The lowest BCUT2D eigenvalue weighted by Crippen LogP contribution is -2.12. The lowest BCUT2D eigenvalue weighted by molar-refractivity contribution is 0.603. The Morgan fingerprint density at radius 1 is 1.08 bits per heavy atom. The molecule has 0 atom stereocenters. The Kier molecular flexibility index (Phi) is 5.00. The van der Waals surface area contributed by atoms with Crippen LogP contribution in [-0.4, -0.2) is 13.4 Å². The maximum atomic E-state index is 12.9. The van der Waals surface area contributed by atoms with Gasteiger partial charge in [0.25, 0.3) is 10.0 Å². The van der Waals surface area contributed by atoms with E-state index >= 15 is 0 Å². The molecule has 0 aliphatic rings. The first-order chi connectivity index (χ1) is 11.9. The van der Waals surface area contributed by atoms with Crippen LogP contribution < -0.4 is 10.0 Å². The first-order valence-electron chi connectivity index (χ1n) is 7.46. The van der Waals surface area contributed by atoms with Gasteiger partial charge in [0.15, 0.2) is 0 Å². The lowest BCUT2D eigenvalue weighted by Gasteiger charge is -2.08. The third-order valence-corrected chi connectivity index (χ3v) is 6.24. The number of nitrogens with one attached hydrogen (secondary N) is 2. The van der Waals surface area contributed by atoms with Gasteiger partial charge >= 0.3 is 0 Å². The second kappa shape index (κ2) is 7.20. The van der Waals surface area contributed by atoms with Gasteiger partial charge in [-0.05, 0) is 48.9 Å². The third kappa shape index (κ3) is 4.55. The molecule has 0 saturated heterocycles. The van der Waals surface area contributed by atoms with E-state index in [-0.39, 0.29) is 15.8 Å². The Bertz CT molecular complexity index is 952. The van der Waals surface area contributed by atoms with Crippen molar-refractivity contribution in [3.63, 3.8) is 0 Å². The molecule has 0 aliphatic heterocycles. The molecule has 0 fully saturated rings. The molecule has 3 aromatic rings. The number of anilines is 2. The monoisotopic (exact) mass is 377 g/mol. The molecule has 0 aliphatic carbocycles. The second-order valence-corrected chi connectivity index (χ2v) is 8.58. The van der Waals surface area contributed by atoms with E-state index in [4.69, 9.17) is 0 Å². The van der Waals surface area contributed by atoms with Crippen LogP contribution in [0.15, 0.2) is 58.9 Å². The molecule has 0 radical (unpaired) electrons. The molecule has 0 bridgehead atoms. The highest BCUT2D eigenvalue weighted by Gasteiger charge is 2.16. The summed E-state index contributed by atoms with van der Waals surface area (Å²) in [6.07, 6.45) is 1.54. The first kappa shape index (κ1) is 17.4. The van der Waals surface area contributed by atoms with E-state index in [1.54, 1.807) is 42.6 Å². The van der Waals surface area contributed by atoms with Gasteiger partial charge in [-0.3, -0.25) is 4.72 Å². The van der Waals surface area contributed by atoms with Crippen LogP contribution in [0.1, 0.15) is 10.4 Å². The van der Waals surface area contributed by atoms with Gasteiger partial charge in [-0.2, -0.15) is 0 Å². The van der Waals surface area contributed by atoms with Crippen LogP contribution in [0.25, 0.3) is 0 Å². The normalized spacial score (nSPS) is 11.3. The number of nitrogens with zero attached hydrogens (tertiary/aromatic N) is 1. The number of hydrogen-bond acceptors (Lipinski definition) is 5. The number of hydrogen-bond donors (Lipinski definition) is 2. The zero-order chi connectivity index (χ0) is 17.9. The maximum Gasteiger partial charge on any atom is 0.272 e. The molecule has 0 saturated carbocycles. The molecular formula is C17H16FN3O2S2. The summed E-state index contributed by atoms with van der Waals surface area (Å²) in [5.41, 5.74) is 1.67. The fourth-order valence-electron chi connectivity index (χ4n) is 2.11. The van der Waals surface area contributed by atoms with Gasteiger partial charge in [0.05, 0.1) is 11.9 Å². The number of thiophene rings is 1. The number of pyridine rings is 1. The topological polar surface area (TPSA) is 71.1 Å². The summed E-state index contributed by atoms with van der Waals surface area (Å²) in [5.74, 6) is -0.0265. The molecule has 2 heterocycles. The third-order valence-electron chi connectivity index (χ3n) is 3.39. The zero-order valence-electron chi connectivity index (χ0n) is 13.4. The Morgan fingerprint density at radius 2 is 1.84 bits per heavy atom. The summed E-state index contributed by atoms with van der Waals surface area (Å²) in [6, 6.07) is 12.8. The van der Waals surface area contributed by atoms with E-state index in [1.165, 1.54) is 23.5 Å². The molecule has 3 rings (SSSR count). The van der Waals surface area contributed by atoms with Crippen molar-refractivity contribution in [2.45, 2.75) is 17.7 Å². The van der Waals surface area contributed by atoms with E-state index in [9.17, 15) is 12.8 Å². The number of rotatable bonds is 6. The van der Waals surface area contributed by atoms with E-state index in [0.29, 0.717) is 6.54 Å². The van der Waals surface area contributed by atoms with Gasteiger partial charge in [0.1, 0.15) is 15.8 Å². The van der Waals surface area contributed by atoms with Crippen molar-refractivity contribution in [3.8, 4) is 0 Å². The van der Waals surface area contributed by atoms with Gasteiger partial charge < -0.3 is 5.32 Å². The standard InChI is InChI=1S/C17H16FN3O2S2/c1-12-2-9-17(24-12)25(22,23)21-16-8-7-15(11-20-16)19-10-13-3-5-14(18)6-4-13/h2-9,11,19H,10H2,1H3,(H,20,21). The molecule has 0 spiro atoms. The van der Waals surface area contributed by atoms with Crippen LogP contribution in [0.2, 0.25) is 0 Å². The molecule has 2 N–H and O–H groups in total. The molecule has 1 aromatic carbocycles. The number of benzene rings is 1. The second-order valence-electron chi connectivity index (χ2n) is 5.38. The predicted molar refractivity (Wildman–Crippen MR) is 97.8 cm³/mol. The Labute approximate surface area is 149 Å². The fourth-order valence-corrected chi connectivity index (χ4v) is 4.40. The van der Waals surface area contributed by atoms with Gasteiger partial charge in [-0.25, -0.2) is 17.8 Å². The summed E-state index contributed by atoms with van der Waals surface area (Å²) in [6.45, 7) is 2.37. The summed E-state index contributed by atoms with van der Waals surface area (Å²) >= 11 is 1.21. The smallest absolute Gasteiger partial charge is 0.272 e. The van der Waals surface area contributed by atoms with Crippen LogP contribution in [0.4, 0.5) is 15.9 Å². The van der Waals surface area contributed by atoms with Crippen molar-refractivity contribution in [3.05, 3.63) is 71.0 Å². The van der Waals surface area contributed by atoms with E-state index < -0.39 is 10.0 Å². The van der Waals surface area contributed by atoms with Crippen molar-refractivity contribution in [2.24, 2.45) is 0 Å². The van der Waals surface area contributed by atoms with Crippen molar-refractivity contribution in [2.75, 3.05) is 10.0 Å². The van der Waals surface area contributed by atoms with Crippen LogP contribution >= 0.6 is 11.3 Å². The number of aryl methyl sites for hydroxylation is 1. The molecule has 25 heavy (non-hydrogen) atoms. The highest BCUT2D eigenvalue weighted by molar-refractivity contribution is 7.94. The quantitative estimate of drug-likeness (QED) is 0.681. The minimum absolute atomic E-state index is 0.249. The van der Waals surface area contributed by atoms with Gasteiger partial charge in [0.2, 0.25) is 0 Å². The van der Waals surface area contributed by atoms with Gasteiger partial charge in [0, 0.05) is 11.4 Å². The van der Waals surface area contributed by atoms with Crippen molar-refractivity contribution in [1.29, 1.82) is 0 Å². The average Bonchev–Trinajstić information content (AvgIpc) is 3.03. The van der Waals surface area contributed by atoms with Crippen molar-refractivity contribution in [1.82, 2.24) is 4.98 Å². The molecular weight excluding hydrogens is 361 g/mol. The van der Waals surface area contributed by atoms with Crippen LogP contribution in [0.5, 0.6) is 0 Å². The summed E-state index contributed by atoms with van der Waals surface area (Å²) in [7, 11) is -3.61. The SMILES string of the molecule is Cc1ccc(S(=O)(=O)Nc2ccc(NCc3ccc(F)cc3)cn2)s1. The number of halogens is 1.